The Bertz CT molecular complexity index is 680. The zero-order valence-electron chi connectivity index (χ0n) is 13.7. The van der Waals surface area contributed by atoms with E-state index in [-0.39, 0.29) is 17.7 Å². The predicted molar refractivity (Wildman–Crippen MR) is 89.2 cm³/mol. The summed E-state index contributed by atoms with van der Waals surface area (Å²) in [6.07, 6.45) is 3.64. The van der Waals surface area contributed by atoms with Gasteiger partial charge in [0.05, 0.1) is 0 Å². The molecule has 0 spiro atoms. The Kier molecular flexibility index (Phi) is 5.51. The van der Waals surface area contributed by atoms with Gasteiger partial charge in [-0.2, -0.15) is 5.10 Å². The number of carbonyl (C=O) groups excluding carboxylic acids is 2. The van der Waals surface area contributed by atoms with Gasteiger partial charge in [0.15, 0.2) is 0 Å². The normalized spacial score (nSPS) is 11.8. The van der Waals surface area contributed by atoms with E-state index >= 15 is 0 Å². The Morgan fingerprint density at radius 2 is 2.13 bits per heavy atom. The van der Waals surface area contributed by atoms with Crippen LogP contribution in [0, 0.1) is 12.8 Å². The summed E-state index contributed by atoms with van der Waals surface area (Å²) in [6.45, 7) is 6.70. The monoisotopic (exact) mass is 314 g/mol. The molecule has 0 aliphatic rings. The summed E-state index contributed by atoms with van der Waals surface area (Å²) in [4.78, 5) is 23.4. The summed E-state index contributed by atoms with van der Waals surface area (Å²) in [5.74, 6) is -0.0402. The quantitative estimate of drug-likeness (QED) is 0.858. The summed E-state index contributed by atoms with van der Waals surface area (Å²) < 4.78 is 1.84. The van der Waals surface area contributed by atoms with E-state index < -0.39 is 0 Å². The molecule has 0 aliphatic carbocycles. The van der Waals surface area contributed by atoms with Crippen molar-refractivity contribution in [3.05, 3.63) is 47.8 Å². The van der Waals surface area contributed by atoms with E-state index in [1.165, 1.54) is 6.92 Å². The van der Waals surface area contributed by atoms with Crippen molar-refractivity contribution in [3.8, 4) is 0 Å². The van der Waals surface area contributed by atoms with Crippen molar-refractivity contribution in [1.29, 1.82) is 0 Å². The molecule has 23 heavy (non-hydrogen) atoms. The Morgan fingerprint density at radius 3 is 2.78 bits per heavy atom. The fraction of sp³-hybridized carbons (Fsp3) is 0.353. The number of amides is 2. The maximum atomic E-state index is 12.3. The van der Waals surface area contributed by atoms with Crippen molar-refractivity contribution >= 4 is 17.5 Å². The second-order valence-electron chi connectivity index (χ2n) is 5.75. The van der Waals surface area contributed by atoms with Gasteiger partial charge in [-0.25, -0.2) is 0 Å². The number of benzene rings is 1. The van der Waals surface area contributed by atoms with Crippen LogP contribution in [0.5, 0.6) is 0 Å². The highest BCUT2D eigenvalue weighted by Crippen LogP contribution is 2.17. The van der Waals surface area contributed by atoms with E-state index in [4.69, 9.17) is 0 Å². The zero-order chi connectivity index (χ0) is 16.8. The van der Waals surface area contributed by atoms with E-state index in [1.54, 1.807) is 18.3 Å². The lowest BCUT2D eigenvalue weighted by Crippen LogP contribution is -2.30. The third-order valence-corrected chi connectivity index (χ3v) is 3.48. The van der Waals surface area contributed by atoms with Gasteiger partial charge >= 0.3 is 0 Å². The van der Waals surface area contributed by atoms with Gasteiger partial charge in [0.2, 0.25) is 5.91 Å². The van der Waals surface area contributed by atoms with E-state index in [9.17, 15) is 9.59 Å². The molecular weight excluding hydrogens is 292 g/mol. The second-order valence-corrected chi connectivity index (χ2v) is 5.75. The van der Waals surface area contributed by atoms with Gasteiger partial charge < -0.3 is 10.6 Å². The van der Waals surface area contributed by atoms with Crippen LogP contribution in [-0.2, 0) is 11.3 Å². The summed E-state index contributed by atoms with van der Waals surface area (Å²) in [5, 5.41) is 9.80. The molecule has 6 nitrogen and oxygen atoms in total. The molecular formula is C17H22N4O2. The molecule has 0 bridgehead atoms. The van der Waals surface area contributed by atoms with E-state index in [2.05, 4.69) is 22.7 Å². The first-order valence-electron chi connectivity index (χ1n) is 7.59. The van der Waals surface area contributed by atoms with Crippen LogP contribution in [0.4, 0.5) is 5.69 Å². The van der Waals surface area contributed by atoms with Gasteiger partial charge in [-0.1, -0.05) is 13.0 Å². The molecule has 0 aliphatic heterocycles. The summed E-state index contributed by atoms with van der Waals surface area (Å²) in [7, 11) is 0. The van der Waals surface area contributed by atoms with Gasteiger partial charge in [0.1, 0.15) is 0 Å². The molecule has 1 aromatic carbocycles. The molecule has 0 radical (unpaired) electrons. The number of rotatable bonds is 6. The average molecular weight is 314 g/mol. The van der Waals surface area contributed by atoms with Crippen molar-refractivity contribution in [2.45, 2.75) is 27.3 Å². The maximum absolute atomic E-state index is 12.3. The molecule has 1 atom stereocenters. The maximum Gasteiger partial charge on any atom is 0.251 e. The van der Waals surface area contributed by atoms with Crippen molar-refractivity contribution < 1.29 is 9.59 Å². The SMILES string of the molecule is CC(=O)Nc1cc(C(=O)NCC(C)Cn2cccn2)ccc1C. The number of aryl methyl sites for hydroxylation is 1. The van der Waals surface area contributed by atoms with E-state index in [0.29, 0.717) is 17.8 Å². The standard InChI is InChI=1S/C17H22N4O2/c1-12(11-21-8-4-7-19-21)10-18-17(23)15-6-5-13(2)16(9-15)20-14(3)22/h4-9,12H,10-11H2,1-3H3,(H,18,23)(H,20,22). The molecule has 122 valence electrons. The Balaban J connectivity index is 1.93. The van der Waals surface area contributed by atoms with Crippen LogP contribution in [0.2, 0.25) is 0 Å². The number of carbonyl (C=O) groups is 2. The molecule has 2 amide bonds. The lowest BCUT2D eigenvalue weighted by molar-refractivity contribution is -0.114. The number of aromatic nitrogens is 2. The van der Waals surface area contributed by atoms with Crippen LogP contribution in [0.15, 0.2) is 36.7 Å². The molecule has 0 fully saturated rings. The first-order chi connectivity index (χ1) is 11.0. The highest BCUT2D eigenvalue weighted by molar-refractivity contribution is 5.97. The average Bonchev–Trinajstić information content (AvgIpc) is 2.99. The minimum absolute atomic E-state index is 0.149. The largest absolute Gasteiger partial charge is 0.352 e. The van der Waals surface area contributed by atoms with Crippen LogP contribution in [0.25, 0.3) is 0 Å². The number of hydrogen-bond acceptors (Lipinski definition) is 3. The Morgan fingerprint density at radius 1 is 1.35 bits per heavy atom. The number of nitrogens with zero attached hydrogens (tertiary/aromatic N) is 2. The predicted octanol–water partition coefficient (Wildman–Crippen LogP) is 2.22. The van der Waals surface area contributed by atoms with Crippen LogP contribution < -0.4 is 10.6 Å². The minimum Gasteiger partial charge on any atom is -0.352 e. The summed E-state index contributed by atoms with van der Waals surface area (Å²) in [5.41, 5.74) is 2.11. The summed E-state index contributed by atoms with van der Waals surface area (Å²) >= 11 is 0. The molecule has 2 N–H and O–H groups in total. The van der Waals surface area contributed by atoms with Crippen LogP contribution in [0.3, 0.4) is 0 Å². The van der Waals surface area contributed by atoms with Gasteiger partial charge in [-0.15, -0.1) is 0 Å². The van der Waals surface area contributed by atoms with Crippen molar-refractivity contribution in [2.24, 2.45) is 5.92 Å². The van der Waals surface area contributed by atoms with E-state index in [0.717, 1.165) is 12.1 Å². The lowest BCUT2D eigenvalue weighted by atomic mass is 10.1. The van der Waals surface area contributed by atoms with E-state index in [1.807, 2.05) is 29.9 Å². The molecule has 1 heterocycles. The van der Waals surface area contributed by atoms with Gasteiger partial charge in [0.25, 0.3) is 5.91 Å². The highest BCUT2D eigenvalue weighted by Gasteiger charge is 2.11. The number of hydrogen-bond donors (Lipinski definition) is 2. The topological polar surface area (TPSA) is 76.0 Å². The Hall–Kier alpha value is -2.63. The second kappa shape index (κ2) is 7.58. The molecule has 0 saturated heterocycles. The molecule has 1 unspecified atom stereocenters. The number of nitrogens with one attached hydrogen (secondary N) is 2. The first-order valence-corrected chi connectivity index (χ1v) is 7.59. The molecule has 2 rings (SSSR count). The van der Waals surface area contributed by atoms with Crippen LogP contribution in [-0.4, -0.2) is 28.1 Å². The van der Waals surface area contributed by atoms with Crippen LogP contribution >= 0.6 is 0 Å². The first kappa shape index (κ1) is 16.7. The molecule has 1 aromatic heterocycles. The third-order valence-electron chi connectivity index (χ3n) is 3.48. The molecule has 0 saturated carbocycles. The van der Waals surface area contributed by atoms with Crippen molar-refractivity contribution in [1.82, 2.24) is 15.1 Å². The fourth-order valence-corrected chi connectivity index (χ4v) is 2.25. The fourth-order valence-electron chi connectivity index (χ4n) is 2.25. The van der Waals surface area contributed by atoms with Crippen LogP contribution in [0.1, 0.15) is 29.8 Å². The summed E-state index contributed by atoms with van der Waals surface area (Å²) in [6, 6.07) is 7.16. The highest BCUT2D eigenvalue weighted by atomic mass is 16.2. The minimum atomic E-state index is -0.154. The lowest BCUT2D eigenvalue weighted by Gasteiger charge is -2.14. The van der Waals surface area contributed by atoms with Crippen molar-refractivity contribution in [2.75, 3.05) is 11.9 Å². The number of anilines is 1. The van der Waals surface area contributed by atoms with Crippen molar-refractivity contribution in [3.63, 3.8) is 0 Å². The van der Waals surface area contributed by atoms with Gasteiger partial charge in [-0.05, 0) is 36.6 Å². The molecule has 2 aromatic rings. The third kappa shape index (κ3) is 4.95. The Labute approximate surface area is 135 Å². The smallest absolute Gasteiger partial charge is 0.251 e. The molecule has 6 heteroatoms. The van der Waals surface area contributed by atoms with Gasteiger partial charge in [-0.3, -0.25) is 14.3 Å². The zero-order valence-corrected chi connectivity index (χ0v) is 13.7. The van der Waals surface area contributed by atoms with Gasteiger partial charge in [0, 0.05) is 43.7 Å².